The Labute approximate surface area is 107 Å². The summed E-state index contributed by atoms with van der Waals surface area (Å²) in [5.74, 6) is 0. The lowest BCUT2D eigenvalue weighted by atomic mass is 9.98. The molecular weight excluding hydrogens is 232 g/mol. The summed E-state index contributed by atoms with van der Waals surface area (Å²) in [6.45, 7) is 4.92. The minimum absolute atomic E-state index is 0.0816. The number of piperidine rings is 1. The molecule has 2 atom stereocenters. The summed E-state index contributed by atoms with van der Waals surface area (Å²) in [7, 11) is 0. The molecule has 2 rings (SSSR count). The van der Waals surface area contributed by atoms with Crippen LogP contribution < -0.4 is 5.32 Å². The molecule has 2 heterocycles. The molecule has 0 aromatic carbocycles. The van der Waals surface area contributed by atoms with Crippen molar-refractivity contribution in [2.45, 2.75) is 51.7 Å². The Morgan fingerprint density at radius 2 is 2.18 bits per heavy atom. The van der Waals surface area contributed by atoms with Crippen molar-refractivity contribution < 1.29 is 4.79 Å². The van der Waals surface area contributed by atoms with Gasteiger partial charge in [-0.15, -0.1) is 11.3 Å². The number of carbonyl (C=O) groups excluding carboxylic acids is 1. The number of hydrogen-bond donors (Lipinski definition) is 1. The van der Waals surface area contributed by atoms with Crippen LogP contribution in [0.25, 0.3) is 0 Å². The first-order valence-electron chi connectivity index (χ1n) is 6.27. The lowest BCUT2D eigenvalue weighted by Crippen LogP contribution is -2.51. The first-order valence-corrected chi connectivity index (χ1v) is 7.15. The minimum atomic E-state index is 0.0816. The van der Waals surface area contributed by atoms with Crippen molar-refractivity contribution in [3.63, 3.8) is 0 Å². The maximum atomic E-state index is 12.1. The molecule has 17 heavy (non-hydrogen) atoms. The van der Waals surface area contributed by atoms with Gasteiger partial charge in [-0.3, -0.25) is 0 Å². The molecule has 0 bridgehead atoms. The lowest BCUT2D eigenvalue weighted by Gasteiger charge is -2.38. The number of hydrogen-bond acceptors (Lipinski definition) is 2. The quantitative estimate of drug-likeness (QED) is 0.861. The highest BCUT2D eigenvalue weighted by molar-refractivity contribution is 7.09. The molecule has 1 aromatic rings. The third-order valence-corrected chi connectivity index (χ3v) is 4.30. The van der Waals surface area contributed by atoms with Crippen molar-refractivity contribution in [2.75, 3.05) is 0 Å². The minimum Gasteiger partial charge on any atom is -0.333 e. The molecule has 1 N–H and O–H groups in total. The fourth-order valence-electron chi connectivity index (χ4n) is 2.49. The van der Waals surface area contributed by atoms with Crippen LogP contribution in [0.1, 0.15) is 38.0 Å². The summed E-state index contributed by atoms with van der Waals surface area (Å²) in [4.78, 5) is 15.3. The second-order valence-corrected chi connectivity index (χ2v) is 5.81. The predicted molar refractivity (Wildman–Crippen MR) is 71.2 cm³/mol. The van der Waals surface area contributed by atoms with E-state index in [1.807, 2.05) is 22.4 Å². The van der Waals surface area contributed by atoms with E-state index >= 15 is 0 Å². The van der Waals surface area contributed by atoms with Crippen LogP contribution in [0.2, 0.25) is 0 Å². The Morgan fingerprint density at radius 3 is 2.76 bits per heavy atom. The molecule has 1 aliphatic rings. The maximum absolute atomic E-state index is 12.1. The smallest absolute Gasteiger partial charge is 0.318 e. The van der Waals surface area contributed by atoms with E-state index in [0.717, 1.165) is 12.8 Å². The fourth-order valence-corrected chi connectivity index (χ4v) is 3.13. The molecule has 4 heteroatoms. The van der Waals surface area contributed by atoms with E-state index in [-0.39, 0.29) is 6.03 Å². The number of amides is 2. The zero-order valence-corrected chi connectivity index (χ0v) is 11.3. The summed E-state index contributed by atoms with van der Waals surface area (Å²) >= 11 is 1.68. The Balaban J connectivity index is 1.90. The van der Waals surface area contributed by atoms with E-state index in [4.69, 9.17) is 0 Å². The number of thiophene rings is 1. The van der Waals surface area contributed by atoms with Crippen LogP contribution in [0.15, 0.2) is 17.5 Å². The number of nitrogens with one attached hydrogen (secondary N) is 1. The summed E-state index contributed by atoms with van der Waals surface area (Å²) in [5.41, 5.74) is 0. The van der Waals surface area contributed by atoms with Crippen molar-refractivity contribution in [3.8, 4) is 0 Å². The Morgan fingerprint density at radius 1 is 1.47 bits per heavy atom. The topological polar surface area (TPSA) is 32.3 Å². The summed E-state index contributed by atoms with van der Waals surface area (Å²) < 4.78 is 0. The molecule has 0 radical (unpaired) electrons. The Kier molecular flexibility index (Phi) is 4.05. The molecule has 1 saturated heterocycles. The third kappa shape index (κ3) is 3.00. The van der Waals surface area contributed by atoms with Crippen LogP contribution in [-0.2, 0) is 6.54 Å². The van der Waals surface area contributed by atoms with E-state index in [2.05, 4.69) is 19.2 Å². The molecule has 1 aliphatic heterocycles. The van der Waals surface area contributed by atoms with E-state index in [9.17, 15) is 4.79 Å². The number of urea groups is 1. The number of rotatable bonds is 2. The highest BCUT2D eigenvalue weighted by atomic mass is 32.1. The van der Waals surface area contributed by atoms with Gasteiger partial charge in [-0.05, 0) is 44.6 Å². The van der Waals surface area contributed by atoms with Crippen molar-refractivity contribution in [2.24, 2.45) is 0 Å². The number of nitrogens with zero attached hydrogens (tertiary/aromatic N) is 1. The van der Waals surface area contributed by atoms with Crippen LogP contribution in [0, 0.1) is 0 Å². The average molecular weight is 252 g/mol. The second-order valence-electron chi connectivity index (χ2n) is 4.77. The van der Waals surface area contributed by atoms with Gasteiger partial charge in [-0.25, -0.2) is 4.79 Å². The summed E-state index contributed by atoms with van der Waals surface area (Å²) in [6.07, 6.45) is 3.48. The van der Waals surface area contributed by atoms with Crippen LogP contribution in [0.5, 0.6) is 0 Å². The largest absolute Gasteiger partial charge is 0.333 e. The molecule has 2 unspecified atom stereocenters. The van der Waals surface area contributed by atoms with E-state index in [1.165, 1.54) is 11.3 Å². The van der Waals surface area contributed by atoms with Gasteiger partial charge in [0.1, 0.15) is 0 Å². The zero-order chi connectivity index (χ0) is 12.3. The van der Waals surface area contributed by atoms with Crippen LogP contribution in [-0.4, -0.2) is 23.0 Å². The van der Waals surface area contributed by atoms with Gasteiger partial charge in [-0.2, -0.15) is 0 Å². The number of likely N-dealkylation sites (tertiary alicyclic amines) is 1. The summed E-state index contributed by atoms with van der Waals surface area (Å²) in [5, 5.41) is 5.05. The average Bonchev–Trinajstić information content (AvgIpc) is 2.79. The van der Waals surface area contributed by atoms with Gasteiger partial charge in [0, 0.05) is 17.0 Å². The van der Waals surface area contributed by atoms with Gasteiger partial charge < -0.3 is 10.2 Å². The van der Waals surface area contributed by atoms with Crippen LogP contribution in [0.3, 0.4) is 0 Å². The predicted octanol–water partition coefficient (Wildman–Crippen LogP) is 3.22. The molecule has 1 fully saturated rings. The standard InChI is InChI=1S/C13H20N2OS/c1-10-5-3-6-11(2)15(10)13(16)14-9-12-7-4-8-17-12/h4,7-8,10-11H,3,5-6,9H2,1-2H3,(H,14,16). The molecule has 0 aliphatic carbocycles. The highest BCUT2D eigenvalue weighted by Crippen LogP contribution is 2.22. The van der Waals surface area contributed by atoms with Crippen molar-refractivity contribution in [3.05, 3.63) is 22.4 Å². The lowest BCUT2D eigenvalue weighted by molar-refractivity contribution is 0.123. The van der Waals surface area contributed by atoms with Crippen LogP contribution in [0.4, 0.5) is 4.79 Å². The Hall–Kier alpha value is -1.03. The van der Waals surface area contributed by atoms with Gasteiger partial charge >= 0.3 is 6.03 Å². The molecule has 0 spiro atoms. The van der Waals surface area contributed by atoms with E-state index in [0.29, 0.717) is 18.6 Å². The summed E-state index contributed by atoms with van der Waals surface area (Å²) in [6, 6.07) is 4.87. The Bertz CT molecular complexity index is 354. The SMILES string of the molecule is CC1CCCC(C)N1C(=O)NCc1cccs1. The molecular formula is C13H20N2OS. The van der Waals surface area contributed by atoms with Crippen LogP contribution >= 0.6 is 11.3 Å². The van der Waals surface area contributed by atoms with Gasteiger partial charge in [0.25, 0.3) is 0 Å². The fraction of sp³-hybridized carbons (Fsp3) is 0.615. The van der Waals surface area contributed by atoms with Crippen molar-refractivity contribution >= 4 is 17.4 Å². The first kappa shape index (κ1) is 12.4. The zero-order valence-electron chi connectivity index (χ0n) is 10.5. The maximum Gasteiger partial charge on any atom is 0.318 e. The van der Waals surface area contributed by atoms with Gasteiger partial charge in [0.15, 0.2) is 0 Å². The van der Waals surface area contributed by atoms with E-state index in [1.54, 1.807) is 11.3 Å². The molecule has 1 aromatic heterocycles. The number of carbonyl (C=O) groups is 1. The second kappa shape index (κ2) is 5.54. The molecule has 3 nitrogen and oxygen atoms in total. The third-order valence-electron chi connectivity index (χ3n) is 3.42. The molecule has 0 saturated carbocycles. The molecule has 94 valence electrons. The van der Waals surface area contributed by atoms with Gasteiger partial charge in [-0.1, -0.05) is 6.07 Å². The van der Waals surface area contributed by atoms with Gasteiger partial charge in [0.05, 0.1) is 6.54 Å². The highest BCUT2D eigenvalue weighted by Gasteiger charge is 2.28. The molecule has 2 amide bonds. The van der Waals surface area contributed by atoms with Gasteiger partial charge in [0.2, 0.25) is 0 Å². The van der Waals surface area contributed by atoms with Crippen molar-refractivity contribution in [1.29, 1.82) is 0 Å². The first-order chi connectivity index (χ1) is 8.18. The normalized spacial score (nSPS) is 24.7. The van der Waals surface area contributed by atoms with E-state index < -0.39 is 0 Å². The van der Waals surface area contributed by atoms with Crippen molar-refractivity contribution in [1.82, 2.24) is 10.2 Å². The monoisotopic (exact) mass is 252 g/mol.